The number of hydrogen-bond acceptors (Lipinski definition) is 5. The van der Waals surface area contributed by atoms with E-state index in [0.29, 0.717) is 0 Å². The van der Waals surface area contributed by atoms with Crippen LogP contribution in [0.25, 0.3) is 0 Å². The molecule has 3 N–H and O–H groups in total. The molecule has 0 aliphatic rings. The van der Waals surface area contributed by atoms with Crippen molar-refractivity contribution in [1.82, 2.24) is 0 Å². The minimum Gasteiger partial charge on any atom is -0.768 e. The molecule has 0 fully saturated rings. The lowest BCUT2D eigenvalue weighted by molar-refractivity contribution is 0.262. The fraction of sp³-hybridized carbons (Fsp3) is 0. The molecule has 2 aromatic rings. The van der Waals surface area contributed by atoms with Crippen molar-refractivity contribution in [3.63, 3.8) is 0 Å². The topological polar surface area (TPSA) is 101 Å². The van der Waals surface area contributed by atoms with Crippen LogP contribution < -0.4 is 10.6 Å². The lowest BCUT2D eigenvalue weighted by Gasteiger charge is -2.09. The molecule has 0 saturated carbocycles. The van der Waals surface area contributed by atoms with E-state index < -0.39 is 22.9 Å². The molecule has 1 heterocycles. The lowest BCUT2D eigenvalue weighted by atomic mass is 10.3. The number of urea groups is 1. The highest BCUT2D eigenvalue weighted by Gasteiger charge is 2.14. The molecule has 0 bridgehead atoms. The summed E-state index contributed by atoms with van der Waals surface area (Å²) in [7, 11) is 0. The maximum absolute atomic E-state index is 11.8. The van der Waals surface area contributed by atoms with Crippen LogP contribution in [0.3, 0.4) is 0 Å². The first-order valence-corrected chi connectivity index (χ1v) is 8.03. The molecule has 21 heavy (non-hydrogen) atoms. The Balaban J connectivity index is 2.12. The third kappa shape index (κ3) is 3.66. The van der Waals surface area contributed by atoms with Crippen molar-refractivity contribution in [3.8, 4) is 5.75 Å². The summed E-state index contributed by atoms with van der Waals surface area (Å²) in [4.78, 5) is 11.8. The van der Waals surface area contributed by atoms with Gasteiger partial charge in [0.25, 0.3) is 0 Å². The molecule has 1 atom stereocenters. The molecule has 6 nitrogen and oxygen atoms in total. The second kappa shape index (κ2) is 6.63. The number of thiophene rings is 1. The van der Waals surface area contributed by atoms with E-state index in [1.54, 1.807) is 18.2 Å². The van der Waals surface area contributed by atoms with E-state index in [1.165, 1.54) is 5.38 Å². The Morgan fingerprint density at radius 3 is 2.57 bits per heavy atom. The highest BCUT2D eigenvalue weighted by molar-refractivity contribution is 7.81. The van der Waals surface area contributed by atoms with Crippen LogP contribution in [0.2, 0.25) is 10.0 Å². The van der Waals surface area contributed by atoms with Crippen LogP contribution in [0.1, 0.15) is 0 Å². The second-order valence-electron chi connectivity index (χ2n) is 3.70. The van der Waals surface area contributed by atoms with Crippen molar-refractivity contribution in [2.45, 2.75) is 4.21 Å². The predicted molar refractivity (Wildman–Crippen MR) is 82.3 cm³/mol. The number of carbonyl (C=O) groups is 1. The van der Waals surface area contributed by atoms with Crippen LogP contribution in [-0.2, 0) is 11.1 Å². The largest absolute Gasteiger partial charge is 0.768 e. The van der Waals surface area contributed by atoms with Gasteiger partial charge in [0.15, 0.2) is 5.75 Å². The van der Waals surface area contributed by atoms with E-state index >= 15 is 0 Å². The van der Waals surface area contributed by atoms with Crippen LogP contribution in [0.15, 0.2) is 27.8 Å². The molecule has 2 amide bonds. The van der Waals surface area contributed by atoms with Gasteiger partial charge >= 0.3 is 6.03 Å². The first-order valence-electron chi connectivity index (χ1n) is 5.32. The number of rotatable bonds is 3. The van der Waals surface area contributed by atoms with Gasteiger partial charge in [0.05, 0.1) is 21.4 Å². The number of benzene rings is 1. The highest BCUT2D eigenvalue weighted by Crippen LogP contribution is 2.36. The number of hydrogen-bond donors (Lipinski definition) is 3. The lowest BCUT2D eigenvalue weighted by Crippen LogP contribution is -2.19. The van der Waals surface area contributed by atoms with E-state index in [-0.39, 0.29) is 25.6 Å². The van der Waals surface area contributed by atoms with Crippen LogP contribution in [0.4, 0.5) is 16.2 Å². The van der Waals surface area contributed by atoms with Gasteiger partial charge < -0.3 is 20.3 Å². The summed E-state index contributed by atoms with van der Waals surface area (Å²) < 4.78 is 21.3. The number of halogens is 2. The van der Waals surface area contributed by atoms with Crippen LogP contribution in [0, 0.1) is 0 Å². The molecule has 10 heteroatoms. The number of nitrogens with one attached hydrogen (secondary N) is 2. The van der Waals surface area contributed by atoms with E-state index in [9.17, 15) is 18.7 Å². The number of amides is 2. The quantitative estimate of drug-likeness (QED) is 0.722. The zero-order valence-corrected chi connectivity index (χ0v) is 13.2. The average Bonchev–Trinajstić information content (AvgIpc) is 2.77. The highest BCUT2D eigenvalue weighted by atomic mass is 35.5. The maximum atomic E-state index is 11.8. The Labute approximate surface area is 136 Å². The Morgan fingerprint density at radius 1 is 1.29 bits per heavy atom. The third-order valence-electron chi connectivity index (χ3n) is 2.33. The van der Waals surface area contributed by atoms with Crippen molar-refractivity contribution in [2.75, 3.05) is 10.6 Å². The molecule has 0 radical (unpaired) electrons. The summed E-state index contributed by atoms with van der Waals surface area (Å²) in [5.74, 6) is -0.513. The Kier molecular flexibility index (Phi) is 5.07. The summed E-state index contributed by atoms with van der Waals surface area (Å²) in [5, 5.41) is 16.1. The third-order valence-corrected chi connectivity index (χ3v) is 5.10. The molecule has 0 aliphatic carbocycles. The second-order valence-corrected chi connectivity index (χ2v) is 6.50. The summed E-state index contributed by atoms with van der Waals surface area (Å²) in [6.07, 6.45) is 0. The standard InChI is InChI=1S/C11H8Cl2N2O4S2/c12-5-2-1-3-6(8(5)13)14-11(17)15-7-4-20-10(9(7)16)21(18)19/h1-4,16H,(H,18,19)(H2,14,15,17)/p-1. The van der Waals surface area contributed by atoms with Crippen LogP contribution >= 0.6 is 34.5 Å². The van der Waals surface area contributed by atoms with E-state index in [4.69, 9.17) is 23.2 Å². The van der Waals surface area contributed by atoms with Gasteiger partial charge in [-0.25, -0.2) is 4.79 Å². The normalized spacial score (nSPS) is 12.0. The SMILES string of the molecule is O=C(Nc1csc(S(=O)[O-])c1O)Nc1cccc(Cl)c1Cl. The molecule has 0 aliphatic heterocycles. The molecule has 1 aromatic carbocycles. The first-order chi connectivity index (χ1) is 9.90. The number of anilines is 2. The van der Waals surface area contributed by atoms with Crippen molar-refractivity contribution >= 4 is 63.0 Å². The molecular formula is C11H7Cl2N2O4S2-. The minimum absolute atomic E-state index is 0.0187. The predicted octanol–water partition coefficient (Wildman–Crippen LogP) is 3.64. The van der Waals surface area contributed by atoms with Gasteiger partial charge in [-0.15, -0.1) is 11.3 Å². The van der Waals surface area contributed by atoms with Crippen LogP contribution in [0.5, 0.6) is 5.75 Å². The molecule has 1 unspecified atom stereocenters. The Bertz CT molecular complexity index is 720. The van der Waals surface area contributed by atoms with Gasteiger partial charge in [0.1, 0.15) is 4.21 Å². The number of aromatic hydroxyl groups is 1. The Morgan fingerprint density at radius 2 is 1.95 bits per heavy atom. The van der Waals surface area contributed by atoms with Crippen molar-refractivity contribution in [1.29, 1.82) is 0 Å². The van der Waals surface area contributed by atoms with E-state index in [2.05, 4.69) is 10.6 Å². The fourth-order valence-electron chi connectivity index (χ4n) is 1.42. The zero-order chi connectivity index (χ0) is 15.6. The van der Waals surface area contributed by atoms with Gasteiger partial charge in [-0.3, -0.25) is 4.21 Å². The van der Waals surface area contributed by atoms with Crippen molar-refractivity contribution in [2.24, 2.45) is 0 Å². The molecule has 0 spiro atoms. The van der Waals surface area contributed by atoms with E-state index in [0.717, 1.165) is 11.3 Å². The Hall–Kier alpha value is -1.32. The van der Waals surface area contributed by atoms with Crippen molar-refractivity contribution in [3.05, 3.63) is 33.6 Å². The molecule has 2 rings (SSSR count). The van der Waals surface area contributed by atoms with Crippen LogP contribution in [-0.4, -0.2) is 19.9 Å². The minimum atomic E-state index is -2.57. The van der Waals surface area contributed by atoms with Gasteiger partial charge in [0, 0.05) is 5.38 Å². The molecular weight excluding hydrogens is 359 g/mol. The fourth-order valence-corrected chi connectivity index (χ4v) is 3.11. The van der Waals surface area contributed by atoms with Crippen molar-refractivity contribution < 1.29 is 18.7 Å². The van der Waals surface area contributed by atoms with Gasteiger partial charge in [-0.1, -0.05) is 29.3 Å². The van der Waals surface area contributed by atoms with E-state index in [1.807, 2.05) is 0 Å². The van der Waals surface area contributed by atoms with Gasteiger partial charge in [0.2, 0.25) is 0 Å². The average molecular weight is 366 g/mol. The maximum Gasteiger partial charge on any atom is 0.323 e. The summed E-state index contributed by atoms with van der Waals surface area (Å²) in [6.45, 7) is 0. The molecule has 0 saturated heterocycles. The summed E-state index contributed by atoms with van der Waals surface area (Å²) in [6, 6.07) is 4.01. The first kappa shape index (κ1) is 16.1. The smallest absolute Gasteiger partial charge is 0.323 e. The summed E-state index contributed by atoms with van der Waals surface area (Å²) >= 11 is 9.94. The summed E-state index contributed by atoms with van der Waals surface area (Å²) in [5.41, 5.74) is 0.263. The molecule has 1 aromatic heterocycles. The van der Waals surface area contributed by atoms with Gasteiger partial charge in [-0.05, 0) is 23.2 Å². The van der Waals surface area contributed by atoms with Gasteiger partial charge in [-0.2, -0.15) is 0 Å². The zero-order valence-electron chi connectivity index (χ0n) is 10.1. The monoisotopic (exact) mass is 365 g/mol. The number of carbonyl (C=O) groups excluding carboxylic acids is 1. The molecule has 112 valence electrons.